The Balaban J connectivity index is 2.38. The average Bonchev–Trinajstić information content (AvgIpc) is 2.63. The van der Waals surface area contributed by atoms with Gasteiger partial charge in [-0.3, -0.25) is 5.10 Å². The zero-order valence-corrected chi connectivity index (χ0v) is 10.0. The normalized spacial score (nSPS) is 10.5. The molecule has 15 heavy (non-hydrogen) atoms. The first kappa shape index (κ1) is 10.4. The van der Waals surface area contributed by atoms with Gasteiger partial charge in [0.25, 0.3) is 0 Å². The summed E-state index contributed by atoms with van der Waals surface area (Å²) in [7, 11) is 1.91. The molecule has 0 radical (unpaired) electrons. The van der Waals surface area contributed by atoms with Crippen molar-refractivity contribution in [1.82, 2.24) is 15.5 Å². The van der Waals surface area contributed by atoms with Crippen molar-refractivity contribution in [3.05, 3.63) is 40.5 Å². The molecule has 2 N–H and O–H groups in total. The molecule has 0 aliphatic rings. The number of hydrogen-bond donors (Lipinski definition) is 2. The number of aromatic amines is 1. The molecular weight excluding hydrogens is 254 g/mol. The fraction of sp³-hybridized carbons (Fsp3) is 0.182. The van der Waals surface area contributed by atoms with Crippen molar-refractivity contribution in [2.24, 2.45) is 0 Å². The summed E-state index contributed by atoms with van der Waals surface area (Å²) < 4.78 is 1.03. The van der Waals surface area contributed by atoms with E-state index in [1.165, 1.54) is 0 Å². The minimum Gasteiger partial charge on any atom is -0.314 e. The van der Waals surface area contributed by atoms with E-state index in [-0.39, 0.29) is 0 Å². The average molecular weight is 266 g/mol. The number of benzene rings is 1. The van der Waals surface area contributed by atoms with Crippen LogP contribution >= 0.6 is 15.9 Å². The van der Waals surface area contributed by atoms with E-state index in [0.717, 1.165) is 28.0 Å². The second-order valence-electron chi connectivity index (χ2n) is 3.26. The number of nitrogens with zero attached hydrogens (tertiary/aromatic N) is 1. The molecule has 1 aromatic heterocycles. The van der Waals surface area contributed by atoms with E-state index in [1.54, 1.807) is 0 Å². The Morgan fingerprint density at radius 1 is 1.33 bits per heavy atom. The monoisotopic (exact) mass is 265 g/mol. The number of hydrogen-bond acceptors (Lipinski definition) is 2. The molecular formula is C11H12BrN3. The summed E-state index contributed by atoms with van der Waals surface area (Å²) >= 11 is 3.56. The molecule has 0 saturated heterocycles. The van der Waals surface area contributed by atoms with Gasteiger partial charge in [-0.05, 0) is 23.0 Å². The molecule has 1 heterocycles. The molecule has 0 atom stereocenters. The highest BCUT2D eigenvalue weighted by atomic mass is 79.9. The maximum Gasteiger partial charge on any atom is 0.107 e. The third-order valence-corrected chi connectivity index (χ3v) is 3.03. The maximum atomic E-state index is 4.29. The Labute approximate surface area is 97.0 Å². The molecule has 0 saturated carbocycles. The Morgan fingerprint density at radius 2 is 2.07 bits per heavy atom. The van der Waals surface area contributed by atoms with Gasteiger partial charge in [0.2, 0.25) is 0 Å². The van der Waals surface area contributed by atoms with Gasteiger partial charge in [0.1, 0.15) is 5.69 Å². The summed E-state index contributed by atoms with van der Waals surface area (Å²) in [5.41, 5.74) is 3.14. The van der Waals surface area contributed by atoms with Gasteiger partial charge in [-0.1, -0.05) is 30.3 Å². The van der Waals surface area contributed by atoms with Crippen LogP contribution in [0.5, 0.6) is 0 Å². The largest absolute Gasteiger partial charge is 0.314 e. The highest BCUT2D eigenvalue weighted by Crippen LogP contribution is 2.28. The van der Waals surface area contributed by atoms with Crippen LogP contribution in [0, 0.1) is 0 Å². The fourth-order valence-corrected chi connectivity index (χ4v) is 1.99. The van der Waals surface area contributed by atoms with Crippen LogP contribution in [0.1, 0.15) is 5.69 Å². The first-order chi connectivity index (χ1) is 7.33. The Hall–Kier alpha value is -1.13. The van der Waals surface area contributed by atoms with E-state index < -0.39 is 0 Å². The highest BCUT2D eigenvalue weighted by molar-refractivity contribution is 9.10. The number of H-pyrrole nitrogens is 1. The molecule has 0 unspecified atom stereocenters. The summed E-state index contributed by atoms with van der Waals surface area (Å²) in [6.07, 6.45) is 0. The van der Waals surface area contributed by atoms with E-state index in [9.17, 15) is 0 Å². The van der Waals surface area contributed by atoms with Crippen LogP contribution in [-0.2, 0) is 6.54 Å². The number of halogens is 1. The predicted molar refractivity (Wildman–Crippen MR) is 64.5 cm³/mol. The summed E-state index contributed by atoms with van der Waals surface area (Å²) in [6, 6.07) is 10.1. The van der Waals surface area contributed by atoms with Crippen molar-refractivity contribution < 1.29 is 0 Å². The molecule has 78 valence electrons. The van der Waals surface area contributed by atoms with E-state index in [1.807, 2.05) is 37.4 Å². The SMILES string of the molecule is CNCc1[nH]nc(-c2ccccc2)c1Br. The molecule has 0 fully saturated rings. The van der Waals surface area contributed by atoms with Gasteiger partial charge in [0.15, 0.2) is 0 Å². The molecule has 3 nitrogen and oxygen atoms in total. The van der Waals surface area contributed by atoms with Gasteiger partial charge in [-0.2, -0.15) is 5.10 Å². The molecule has 0 aliphatic heterocycles. The lowest BCUT2D eigenvalue weighted by Gasteiger charge is -1.98. The maximum absolute atomic E-state index is 4.29. The Bertz CT molecular complexity index is 436. The van der Waals surface area contributed by atoms with Crippen molar-refractivity contribution in [2.75, 3.05) is 7.05 Å². The van der Waals surface area contributed by atoms with Crippen molar-refractivity contribution in [1.29, 1.82) is 0 Å². The van der Waals surface area contributed by atoms with Crippen LogP contribution in [0.3, 0.4) is 0 Å². The summed E-state index contributed by atoms with van der Waals surface area (Å²) in [4.78, 5) is 0. The summed E-state index contributed by atoms with van der Waals surface area (Å²) in [5.74, 6) is 0. The third kappa shape index (κ3) is 2.11. The van der Waals surface area contributed by atoms with Crippen LogP contribution in [0.4, 0.5) is 0 Å². The molecule has 4 heteroatoms. The van der Waals surface area contributed by atoms with Crippen molar-refractivity contribution in [3.63, 3.8) is 0 Å². The van der Waals surface area contributed by atoms with Crippen LogP contribution in [0.2, 0.25) is 0 Å². The van der Waals surface area contributed by atoms with Crippen molar-refractivity contribution >= 4 is 15.9 Å². The minimum atomic E-state index is 0.778. The lowest BCUT2D eigenvalue weighted by Crippen LogP contribution is -2.05. The van der Waals surface area contributed by atoms with Gasteiger partial charge in [0, 0.05) is 12.1 Å². The number of rotatable bonds is 3. The molecule has 0 aliphatic carbocycles. The van der Waals surface area contributed by atoms with Gasteiger partial charge in [-0.25, -0.2) is 0 Å². The Kier molecular flexibility index (Phi) is 3.18. The smallest absolute Gasteiger partial charge is 0.107 e. The van der Waals surface area contributed by atoms with Gasteiger partial charge in [0.05, 0.1) is 10.2 Å². The number of nitrogens with one attached hydrogen (secondary N) is 2. The van der Waals surface area contributed by atoms with Crippen molar-refractivity contribution in [2.45, 2.75) is 6.54 Å². The zero-order chi connectivity index (χ0) is 10.7. The second kappa shape index (κ2) is 4.59. The quantitative estimate of drug-likeness (QED) is 0.896. The predicted octanol–water partition coefficient (Wildman–Crippen LogP) is 2.56. The molecule has 2 rings (SSSR count). The van der Waals surface area contributed by atoms with Crippen LogP contribution in [0.25, 0.3) is 11.3 Å². The van der Waals surface area contributed by atoms with E-state index in [4.69, 9.17) is 0 Å². The van der Waals surface area contributed by atoms with Crippen LogP contribution in [0.15, 0.2) is 34.8 Å². The van der Waals surface area contributed by atoms with Crippen molar-refractivity contribution in [3.8, 4) is 11.3 Å². The van der Waals surface area contributed by atoms with Gasteiger partial charge in [-0.15, -0.1) is 0 Å². The van der Waals surface area contributed by atoms with Crippen LogP contribution in [-0.4, -0.2) is 17.2 Å². The minimum absolute atomic E-state index is 0.778. The topological polar surface area (TPSA) is 40.7 Å². The summed E-state index contributed by atoms with van der Waals surface area (Å²) in [6.45, 7) is 0.778. The van der Waals surface area contributed by atoms with Gasteiger partial charge >= 0.3 is 0 Å². The molecule has 1 aromatic carbocycles. The Morgan fingerprint density at radius 3 is 2.73 bits per heavy atom. The lowest BCUT2D eigenvalue weighted by atomic mass is 10.1. The molecule has 2 aromatic rings. The van der Waals surface area contributed by atoms with E-state index in [2.05, 4.69) is 31.4 Å². The van der Waals surface area contributed by atoms with E-state index >= 15 is 0 Å². The second-order valence-corrected chi connectivity index (χ2v) is 4.05. The van der Waals surface area contributed by atoms with Crippen LogP contribution < -0.4 is 5.32 Å². The first-order valence-corrected chi connectivity index (χ1v) is 5.55. The molecule has 0 amide bonds. The fourth-order valence-electron chi connectivity index (χ4n) is 1.45. The van der Waals surface area contributed by atoms with E-state index in [0.29, 0.717) is 0 Å². The molecule has 0 bridgehead atoms. The standard InChI is InChI=1S/C11H12BrN3/c1-13-7-9-10(12)11(15-14-9)8-5-3-2-4-6-8/h2-6,13H,7H2,1H3,(H,14,15). The molecule has 0 spiro atoms. The third-order valence-electron chi connectivity index (χ3n) is 2.18. The number of aromatic nitrogens is 2. The first-order valence-electron chi connectivity index (χ1n) is 4.75. The zero-order valence-electron chi connectivity index (χ0n) is 8.42. The summed E-state index contributed by atoms with van der Waals surface area (Å²) in [5, 5.41) is 10.4. The lowest BCUT2D eigenvalue weighted by molar-refractivity contribution is 0.781. The highest BCUT2D eigenvalue weighted by Gasteiger charge is 2.10. The van der Waals surface area contributed by atoms with Gasteiger partial charge < -0.3 is 5.32 Å².